The summed E-state index contributed by atoms with van der Waals surface area (Å²) in [6, 6.07) is 23.9. The van der Waals surface area contributed by atoms with E-state index >= 15 is 0 Å². The highest BCUT2D eigenvalue weighted by atomic mass is 16.5. The van der Waals surface area contributed by atoms with Crippen molar-refractivity contribution in [1.82, 2.24) is 4.98 Å². The van der Waals surface area contributed by atoms with Gasteiger partial charge < -0.3 is 10.4 Å². The SMILES string of the molecule is [O-][n+]1ccccc1-c1cc(-c2ccccc2)cc(-c2cccc[n+]2[O-])n1. The topological polar surface area (TPSA) is 66.8 Å². The van der Waals surface area contributed by atoms with Crippen LogP contribution in [0.5, 0.6) is 0 Å². The Balaban J connectivity index is 1.97. The fourth-order valence-corrected chi connectivity index (χ4v) is 2.84. The minimum Gasteiger partial charge on any atom is -0.618 e. The quantitative estimate of drug-likeness (QED) is 0.424. The maximum absolute atomic E-state index is 12.2. The van der Waals surface area contributed by atoms with Crippen LogP contribution < -0.4 is 9.46 Å². The Morgan fingerprint density at radius 3 is 1.58 bits per heavy atom. The lowest BCUT2D eigenvalue weighted by Crippen LogP contribution is -2.29. The summed E-state index contributed by atoms with van der Waals surface area (Å²) in [7, 11) is 0. The Bertz CT molecular complexity index is 1000. The molecular formula is C21H15N3O2. The first-order valence-electron chi connectivity index (χ1n) is 8.17. The molecule has 3 heterocycles. The molecule has 0 aliphatic rings. The van der Waals surface area contributed by atoms with Gasteiger partial charge in [-0.05, 0) is 35.4 Å². The number of rotatable bonds is 3. The molecule has 4 rings (SSSR count). The van der Waals surface area contributed by atoms with Crippen LogP contribution in [0.1, 0.15) is 0 Å². The molecule has 0 saturated carbocycles. The summed E-state index contributed by atoms with van der Waals surface area (Å²) < 4.78 is 1.55. The first-order chi connectivity index (χ1) is 12.7. The Morgan fingerprint density at radius 2 is 1.08 bits per heavy atom. The summed E-state index contributed by atoms with van der Waals surface area (Å²) in [6.45, 7) is 0. The smallest absolute Gasteiger partial charge is 0.242 e. The molecular weight excluding hydrogens is 326 g/mol. The summed E-state index contributed by atoms with van der Waals surface area (Å²) >= 11 is 0. The van der Waals surface area contributed by atoms with Crippen LogP contribution >= 0.6 is 0 Å². The first-order valence-corrected chi connectivity index (χ1v) is 8.17. The third-order valence-electron chi connectivity index (χ3n) is 4.11. The van der Waals surface area contributed by atoms with Crippen molar-refractivity contribution in [2.24, 2.45) is 0 Å². The van der Waals surface area contributed by atoms with Crippen LogP contribution in [-0.2, 0) is 0 Å². The largest absolute Gasteiger partial charge is 0.618 e. The van der Waals surface area contributed by atoms with Crippen LogP contribution in [0.3, 0.4) is 0 Å². The van der Waals surface area contributed by atoms with Gasteiger partial charge in [0.15, 0.2) is 12.4 Å². The number of pyridine rings is 3. The summed E-state index contributed by atoms with van der Waals surface area (Å²) in [5.74, 6) is 0. The zero-order valence-corrected chi connectivity index (χ0v) is 13.8. The lowest BCUT2D eigenvalue weighted by atomic mass is 10.0. The van der Waals surface area contributed by atoms with Crippen molar-refractivity contribution in [2.45, 2.75) is 0 Å². The van der Waals surface area contributed by atoms with Gasteiger partial charge in [-0.1, -0.05) is 30.3 Å². The van der Waals surface area contributed by atoms with Crippen LogP contribution in [-0.4, -0.2) is 4.98 Å². The number of nitrogens with zero attached hydrogens (tertiary/aromatic N) is 3. The molecule has 5 nitrogen and oxygen atoms in total. The third kappa shape index (κ3) is 2.98. The molecule has 0 atom stereocenters. The van der Waals surface area contributed by atoms with Gasteiger partial charge >= 0.3 is 0 Å². The average molecular weight is 341 g/mol. The van der Waals surface area contributed by atoms with Crippen LogP contribution in [0.25, 0.3) is 33.9 Å². The summed E-state index contributed by atoms with van der Waals surface area (Å²) in [4.78, 5) is 4.58. The second kappa shape index (κ2) is 6.64. The van der Waals surface area contributed by atoms with Crippen molar-refractivity contribution in [1.29, 1.82) is 0 Å². The van der Waals surface area contributed by atoms with E-state index in [1.165, 1.54) is 12.4 Å². The van der Waals surface area contributed by atoms with Crippen molar-refractivity contribution >= 4 is 0 Å². The molecule has 26 heavy (non-hydrogen) atoms. The Labute approximate surface area is 150 Å². The van der Waals surface area contributed by atoms with Gasteiger partial charge in [0.2, 0.25) is 11.4 Å². The molecule has 0 aliphatic heterocycles. The van der Waals surface area contributed by atoms with Crippen LogP contribution in [0.15, 0.2) is 91.3 Å². The van der Waals surface area contributed by atoms with Crippen molar-refractivity contribution in [3.05, 3.63) is 102 Å². The molecule has 0 saturated heterocycles. The molecule has 1 aromatic carbocycles. The highest BCUT2D eigenvalue weighted by molar-refractivity contribution is 5.73. The second-order valence-electron chi connectivity index (χ2n) is 5.82. The molecule has 0 spiro atoms. The van der Waals surface area contributed by atoms with E-state index in [-0.39, 0.29) is 0 Å². The number of hydrogen-bond donors (Lipinski definition) is 0. The lowest BCUT2D eigenvalue weighted by molar-refractivity contribution is -0.594. The van der Waals surface area contributed by atoms with Crippen LogP contribution in [0.2, 0.25) is 0 Å². The third-order valence-corrected chi connectivity index (χ3v) is 4.11. The lowest BCUT2D eigenvalue weighted by Gasteiger charge is -2.10. The summed E-state index contributed by atoms with van der Waals surface area (Å²) in [5, 5.41) is 24.4. The highest BCUT2D eigenvalue weighted by Gasteiger charge is 2.17. The molecule has 0 radical (unpaired) electrons. The molecule has 0 fully saturated rings. The van der Waals surface area contributed by atoms with Crippen molar-refractivity contribution in [3.63, 3.8) is 0 Å². The summed E-state index contributed by atoms with van der Waals surface area (Å²) in [6.07, 6.45) is 2.87. The highest BCUT2D eigenvalue weighted by Crippen LogP contribution is 2.27. The zero-order chi connectivity index (χ0) is 17.9. The molecule has 126 valence electrons. The molecule has 0 amide bonds. The maximum Gasteiger partial charge on any atom is 0.242 e. The molecule has 3 aromatic heterocycles. The monoisotopic (exact) mass is 341 g/mol. The zero-order valence-electron chi connectivity index (χ0n) is 13.8. The van der Waals surface area contributed by atoms with Gasteiger partial charge in [0.05, 0.1) is 0 Å². The van der Waals surface area contributed by atoms with Gasteiger partial charge in [0, 0.05) is 24.3 Å². The molecule has 4 aromatic rings. The minimum atomic E-state index is 0.430. The molecule has 0 unspecified atom stereocenters. The van der Waals surface area contributed by atoms with Crippen LogP contribution in [0, 0.1) is 10.4 Å². The Kier molecular flexibility index (Phi) is 4.03. The van der Waals surface area contributed by atoms with Crippen molar-refractivity contribution in [2.75, 3.05) is 0 Å². The van der Waals surface area contributed by atoms with E-state index in [2.05, 4.69) is 4.98 Å². The standard InChI is InChI=1S/C21H15N3O2/c25-23-12-6-4-10-20(23)18-14-17(16-8-2-1-3-9-16)15-19(22-18)21-11-5-7-13-24(21)26/h1-15H. The number of benzene rings is 1. The fraction of sp³-hybridized carbons (Fsp3) is 0. The Morgan fingerprint density at radius 1 is 0.577 bits per heavy atom. The van der Waals surface area contributed by atoms with Gasteiger partial charge in [-0.15, -0.1) is 0 Å². The van der Waals surface area contributed by atoms with Crippen LogP contribution in [0.4, 0.5) is 0 Å². The van der Waals surface area contributed by atoms with E-state index in [4.69, 9.17) is 0 Å². The number of aromatic nitrogens is 3. The van der Waals surface area contributed by atoms with E-state index < -0.39 is 0 Å². The van der Waals surface area contributed by atoms with E-state index in [9.17, 15) is 10.4 Å². The van der Waals surface area contributed by atoms with Gasteiger partial charge in [0.25, 0.3) is 0 Å². The van der Waals surface area contributed by atoms with Gasteiger partial charge in [-0.3, -0.25) is 0 Å². The van der Waals surface area contributed by atoms with E-state index in [1.807, 2.05) is 42.5 Å². The molecule has 0 N–H and O–H groups in total. The van der Waals surface area contributed by atoms with Crippen molar-refractivity contribution in [3.8, 4) is 33.9 Å². The fourth-order valence-electron chi connectivity index (χ4n) is 2.84. The minimum absolute atomic E-state index is 0.430. The first kappa shape index (κ1) is 15.8. The summed E-state index contributed by atoms with van der Waals surface area (Å²) in [5.41, 5.74) is 3.76. The predicted octanol–water partition coefficient (Wildman–Crippen LogP) is 3.35. The van der Waals surface area contributed by atoms with Gasteiger partial charge in [0.1, 0.15) is 11.4 Å². The van der Waals surface area contributed by atoms with Crippen molar-refractivity contribution < 1.29 is 9.46 Å². The van der Waals surface area contributed by atoms with Gasteiger partial charge in [-0.25, -0.2) is 4.98 Å². The average Bonchev–Trinajstić information content (AvgIpc) is 2.69. The Hall–Kier alpha value is -3.73. The van der Waals surface area contributed by atoms with E-state index in [1.54, 1.807) is 36.4 Å². The predicted molar refractivity (Wildman–Crippen MR) is 98.5 cm³/mol. The molecule has 0 bridgehead atoms. The van der Waals surface area contributed by atoms with E-state index in [0.29, 0.717) is 22.8 Å². The second-order valence-corrected chi connectivity index (χ2v) is 5.82. The molecule has 0 aliphatic carbocycles. The van der Waals surface area contributed by atoms with Gasteiger partial charge in [-0.2, -0.15) is 9.46 Å². The van der Waals surface area contributed by atoms with E-state index in [0.717, 1.165) is 20.6 Å². The number of hydrogen-bond acceptors (Lipinski definition) is 3. The molecule has 5 heteroatoms. The normalized spacial score (nSPS) is 10.6. The maximum atomic E-state index is 12.2.